The van der Waals surface area contributed by atoms with E-state index in [0.29, 0.717) is 6.61 Å². The second kappa shape index (κ2) is 9.55. The van der Waals surface area contributed by atoms with Crippen LogP contribution in [0.3, 0.4) is 0 Å². The van der Waals surface area contributed by atoms with Crippen molar-refractivity contribution in [1.29, 1.82) is 0 Å². The van der Waals surface area contributed by atoms with Crippen molar-refractivity contribution < 1.29 is 4.74 Å². The maximum Gasteiger partial charge on any atom is 0.134 e. The maximum atomic E-state index is 5.51. The van der Waals surface area contributed by atoms with Gasteiger partial charge in [0.05, 0.1) is 6.61 Å². The summed E-state index contributed by atoms with van der Waals surface area (Å²) in [6.45, 7) is 9.57. The largest absolute Gasteiger partial charge is 0.380 e. The van der Waals surface area contributed by atoms with Crippen molar-refractivity contribution in [3.8, 4) is 0 Å². The van der Waals surface area contributed by atoms with Crippen LogP contribution in [0.5, 0.6) is 0 Å². The van der Waals surface area contributed by atoms with Crippen LogP contribution < -0.4 is 10.6 Å². The Morgan fingerprint density at radius 3 is 2.32 bits per heavy atom. The second-order valence-electron chi connectivity index (χ2n) is 4.52. The van der Waals surface area contributed by atoms with E-state index in [1.807, 2.05) is 6.92 Å². The van der Waals surface area contributed by atoms with E-state index < -0.39 is 0 Å². The van der Waals surface area contributed by atoms with Gasteiger partial charge >= 0.3 is 0 Å². The first-order valence-electron chi connectivity index (χ1n) is 7.16. The summed E-state index contributed by atoms with van der Waals surface area (Å²) in [6.07, 6.45) is 4.96. The van der Waals surface area contributed by atoms with Crippen LogP contribution in [0.1, 0.15) is 38.7 Å². The van der Waals surface area contributed by atoms with Gasteiger partial charge < -0.3 is 15.4 Å². The molecule has 19 heavy (non-hydrogen) atoms. The molecule has 2 N–H and O–H groups in total. The third-order valence-electron chi connectivity index (χ3n) is 2.81. The van der Waals surface area contributed by atoms with Gasteiger partial charge in [-0.05, 0) is 19.8 Å². The average molecular weight is 266 g/mol. The Labute approximate surface area is 116 Å². The van der Waals surface area contributed by atoms with Crippen molar-refractivity contribution in [1.82, 2.24) is 9.97 Å². The Kier molecular flexibility index (Phi) is 7.89. The Balaban J connectivity index is 2.36. The standard InChI is InChI=1S/C14H26N4O/c1-4-6-9-19-10-8-16-14-12(3)13(15-7-5-2)17-11-18-14/h11H,4-10H2,1-3H3,(H2,15,16,17,18). The molecule has 0 saturated carbocycles. The molecule has 0 fully saturated rings. The molecule has 0 bridgehead atoms. The molecule has 0 aliphatic carbocycles. The highest BCUT2D eigenvalue weighted by Crippen LogP contribution is 2.17. The van der Waals surface area contributed by atoms with Crippen molar-refractivity contribution in [3.63, 3.8) is 0 Å². The number of unbranched alkanes of at least 4 members (excludes halogenated alkanes) is 1. The minimum atomic E-state index is 0.709. The molecular formula is C14H26N4O. The van der Waals surface area contributed by atoms with E-state index in [0.717, 1.165) is 49.7 Å². The van der Waals surface area contributed by atoms with Gasteiger partial charge in [0, 0.05) is 25.3 Å². The van der Waals surface area contributed by atoms with Crippen molar-refractivity contribution >= 4 is 11.6 Å². The number of ether oxygens (including phenoxy) is 1. The predicted molar refractivity (Wildman–Crippen MR) is 79.8 cm³/mol. The van der Waals surface area contributed by atoms with E-state index in [9.17, 15) is 0 Å². The normalized spacial score (nSPS) is 10.5. The molecule has 0 aromatic carbocycles. The minimum absolute atomic E-state index is 0.709. The molecule has 0 unspecified atom stereocenters. The van der Waals surface area contributed by atoms with Gasteiger partial charge in [0.2, 0.25) is 0 Å². The molecule has 0 aliphatic rings. The van der Waals surface area contributed by atoms with Gasteiger partial charge in [-0.15, -0.1) is 0 Å². The topological polar surface area (TPSA) is 59.1 Å². The summed E-state index contributed by atoms with van der Waals surface area (Å²) in [5.74, 6) is 1.79. The summed E-state index contributed by atoms with van der Waals surface area (Å²) in [5.41, 5.74) is 1.06. The van der Waals surface area contributed by atoms with Crippen molar-refractivity contribution in [3.05, 3.63) is 11.9 Å². The second-order valence-corrected chi connectivity index (χ2v) is 4.52. The van der Waals surface area contributed by atoms with Gasteiger partial charge in [0.1, 0.15) is 18.0 Å². The highest BCUT2D eigenvalue weighted by molar-refractivity contribution is 5.56. The lowest BCUT2D eigenvalue weighted by atomic mass is 10.3. The van der Waals surface area contributed by atoms with Crippen LogP contribution in [0.25, 0.3) is 0 Å². The number of aromatic nitrogens is 2. The Morgan fingerprint density at radius 2 is 1.68 bits per heavy atom. The summed E-state index contributed by atoms with van der Waals surface area (Å²) in [4.78, 5) is 8.51. The lowest BCUT2D eigenvalue weighted by Gasteiger charge is -2.12. The third-order valence-corrected chi connectivity index (χ3v) is 2.81. The quantitative estimate of drug-likeness (QED) is 0.638. The van der Waals surface area contributed by atoms with E-state index in [1.165, 1.54) is 6.42 Å². The van der Waals surface area contributed by atoms with Crippen LogP contribution in [0, 0.1) is 6.92 Å². The Bertz CT molecular complexity index is 357. The molecule has 0 saturated heterocycles. The summed E-state index contributed by atoms with van der Waals surface area (Å²) in [6, 6.07) is 0. The molecule has 5 heteroatoms. The van der Waals surface area contributed by atoms with Crippen LogP contribution in [0.4, 0.5) is 11.6 Å². The lowest BCUT2D eigenvalue weighted by Crippen LogP contribution is -2.13. The molecule has 0 radical (unpaired) electrons. The number of hydrogen-bond donors (Lipinski definition) is 2. The van der Waals surface area contributed by atoms with E-state index in [4.69, 9.17) is 4.74 Å². The number of nitrogens with zero attached hydrogens (tertiary/aromatic N) is 2. The first-order chi connectivity index (χ1) is 9.29. The molecule has 5 nitrogen and oxygen atoms in total. The molecule has 108 valence electrons. The molecule has 1 aromatic heterocycles. The highest BCUT2D eigenvalue weighted by Gasteiger charge is 2.05. The van der Waals surface area contributed by atoms with Gasteiger partial charge in [-0.2, -0.15) is 0 Å². The van der Waals surface area contributed by atoms with Crippen LogP contribution >= 0.6 is 0 Å². The van der Waals surface area contributed by atoms with E-state index in [-0.39, 0.29) is 0 Å². The lowest BCUT2D eigenvalue weighted by molar-refractivity contribution is 0.141. The molecule has 1 rings (SSSR count). The fourth-order valence-electron chi connectivity index (χ4n) is 1.64. The molecule has 0 spiro atoms. The maximum absolute atomic E-state index is 5.51. The zero-order valence-corrected chi connectivity index (χ0v) is 12.3. The number of nitrogens with one attached hydrogen (secondary N) is 2. The molecule has 1 heterocycles. The summed E-state index contributed by atoms with van der Waals surface area (Å²) in [5, 5.41) is 6.59. The fourth-order valence-corrected chi connectivity index (χ4v) is 1.64. The Hall–Kier alpha value is -1.36. The average Bonchev–Trinajstić information content (AvgIpc) is 2.43. The minimum Gasteiger partial charge on any atom is -0.380 e. The van der Waals surface area contributed by atoms with Gasteiger partial charge in [0.15, 0.2) is 0 Å². The van der Waals surface area contributed by atoms with E-state index in [1.54, 1.807) is 6.33 Å². The first-order valence-corrected chi connectivity index (χ1v) is 7.16. The van der Waals surface area contributed by atoms with Crippen molar-refractivity contribution in [2.75, 3.05) is 36.9 Å². The van der Waals surface area contributed by atoms with Crippen LogP contribution in [-0.4, -0.2) is 36.3 Å². The summed E-state index contributed by atoms with van der Waals surface area (Å²) in [7, 11) is 0. The molecule has 1 aromatic rings. The number of rotatable bonds is 10. The van der Waals surface area contributed by atoms with Crippen molar-refractivity contribution in [2.24, 2.45) is 0 Å². The summed E-state index contributed by atoms with van der Waals surface area (Å²) >= 11 is 0. The predicted octanol–water partition coefficient (Wildman–Crippen LogP) is 2.84. The van der Waals surface area contributed by atoms with E-state index in [2.05, 4.69) is 34.4 Å². The number of hydrogen-bond acceptors (Lipinski definition) is 5. The van der Waals surface area contributed by atoms with Crippen LogP contribution in [-0.2, 0) is 4.74 Å². The zero-order chi connectivity index (χ0) is 13.9. The van der Waals surface area contributed by atoms with Gasteiger partial charge in [0.25, 0.3) is 0 Å². The smallest absolute Gasteiger partial charge is 0.134 e. The first kappa shape index (κ1) is 15.7. The molecule has 0 amide bonds. The molecule has 0 aliphatic heterocycles. The van der Waals surface area contributed by atoms with Crippen LogP contribution in [0.2, 0.25) is 0 Å². The molecular weight excluding hydrogens is 240 g/mol. The van der Waals surface area contributed by atoms with Crippen LogP contribution in [0.15, 0.2) is 6.33 Å². The Morgan fingerprint density at radius 1 is 1.00 bits per heavy atom. The van der Waals surface area contributed by atoms with Gasteiger partial charge in [-0.3, -0.25) is 0 Å². The fraction of sp³-hybridized carbons (Fsp3) is 0.714. The summed E-state index contributed by atoms with van der Waals surface area (Å²) < 4.78 is 5.51. The zero-order valence-electron chi connectivity index (χ0n) is 12.3. The number of anilines is 2. The van der Waals surface area contributed by atoms with Gasteiger partial charge in [-0.1, -0.05) is 20.3 Å². The van der Waals surface area contributed by atoms with Crippen molar-refractivity contribution in [2.45, 2.75) is 40.0 Å². The van der Waals surface area contributed by atoms with Gasteiger partial charge in [-0.25, -0.2) is 9.97 Å². The SMILES string of the molecule is CCCCOCCNc1ncnc(NCCC)c1C. The van der Waals surface area contributed by atoms with E-state index >= 15 is 0 Å². The monoisotopic (exact) mass is 266 g/mol. The third kappa shape index (κ3) is 5.87. The molecule has 0 atom stereocenters. The highest BCUT2D eigenvalue weighted by atomic mass is 16.5.